The number of carbonyl (C=O) groups is 2. The summed E-state index contributed by atoms with van der Waals surface area (Å²) < 4.78 is 14.0. The average Bonchev–Trinajstić information content (AvgIpc) is 3.50. The second-order valence-corrected chi connectivity index (χ2v) is 9.86. The predicted octanol–water partition coefficient (Wildman–Crippen LogP) is 4.47. The minimum atomic E-state index is -0.195. The van der Waals surface area contributed by atoms with Gasteiger partial charge in [0.25, 0.3) is 5.91 Å². The lowest BCUT2D eigenvalue weighted by Gasteiger charge is -2.34. The molecule has 5 nitrogen and oxygen atoms in total. The minimum absolute atomic E-state index is 0.0761. The van der Waals surface area contributed by atoms with Gasteiger partial charge in [-0.1, -0.05) is 24.3 Å². The molecular formula is C24H26FN3O2S2. The number of benzene rings is 1. The molecular weight excluding hydrogens is 445 g/mol. The largest absolute Gasteiger partial charge is 0.351 e. The maximum absolute atomic E-state index is 14.0. The second kappa shape index (κ2) is 10.8. The summed E-state index contributed by atoms with van der Waals surface area (Å²) in [5.41, 5.74) is 0.644. The fourth-order valence-electron chi connectivity index (χ4n) is 3.74. The quantitative estimate of drug-likeness (QED) is 0.493. The summed E-state index contributed by atoms with van der Waals surface area (Å²) >= 11 is 3.03. The summed E-state index contributed by atoms with van der Waals surface area (Å²) in [6.07, 6.45) is 1.09. The van der Waals surface area contributed by atoms with E-state index in [9.17, 15) is 14.0 Å². The molecule has 1 fully saturated rings. The van der Waals surface area contributed by atoms with Gasteiger partial charge in [-0.15, -0.1) is 22.7 Å². The Morgan fingerprint density at radius 2 is 1.81 bits per heavy atom. The number of amides is 2. The maximum Gasteiger partial charge on any atom is 0.261 e. The van der Waals surface area contributed by atoms with E-state index >= 15 is 0 Å². The fourth-order valence-corrected chi connectivity index (χ4v) is 5.46. The lowest BCUT2D eigenvalue weighted by atomic mass is 10.2. The van der Waals surface area contributed by atoms with Crippen LogP contribution in [0.2, 0.25) is 0 Å². The number of rotatable bonds is 8. The van der Waals surface area contributed by atoms with Gasteiger partial charge in [0.2, 0.25) is 5.91 Å². The Kier molecular flexibility index (Phi) is 7.68. The number of nitrogens with one attached hydrogen (secondary N) is 1. The number of thiophene rings is 2. The topological polar surface area (TPSA) is 52.7 Å². The molecule has 3 aromatic rings. The molecule has 0 atom stereocenters. The van der Waals surface area contributed by atoms with Crippen LogP contribution in [0.4, 0.5) is 4.39 Å². The monoisotopic (exact) mass is 471 g/mol. The Bertz CT molecular complexity index is 1040. The van der Waals surface area contributed by atoms with Crippen molar-refractivity contribution >= 4 is 34.5 Å². The van der Waals surface area contributed by atoms with Gasteiger partial charge in [-0.05, 0) is 36.1 Å². The van der Waals surface area contributed by atoms with Crippen molar-refractivity contribution in [1.82, 2.24) is 15.1 Å². The second-order valence-electron chi connectivity index (χ2n) is 7.74. The molecule has 1 aliphatic rings. The molecule has 168 valence electrons. The van der Waals surface area contributed by atoms with E-state index < -0.39 is 0 Å². The average molecular weight is 472 g/mol. The maximum atomic E-state index is 14.0. The molecule has 3 heterocycles. The van der Waals surface area contributed by atoms with Crippen LogP contribution in [0.3, 0.4) is 0 Å². The Balaban J connectivity index is 1.17. The molecule has 2 aromatic heterocycles. The Labute approximate surface area is 195 Å². The molecule has 32 heavy (non-hydrogen) atoms. The molecule has 0 saturated carbocycles. The van der Waals surface area contributed by atoms with E-state index in [-0.39, 0.29) is 17.6 Å². The third kappa shape index (κ3) is 5.82. The molecule has 1 saturated heterocycles. The number of hydrogen-bond donors (Lipinski definition) is 1. The number of hydrogen-bond acceptors (Lipinski definition) is 5. The summed E-state index contributed by atoms with van der Waals surface area (Å²) in [5.74, 6) is -0.125. The van der Waals surface area contributed by atoms with Crippen molar-refractivity contribution in [2.24, 2.45) is 0 Å². The van der Waals surface area contributed by atoms with E-state index in [4.69, 9.17) is 0 Å². The summed E-state index contributed by atoms with van der Waals surface area (Å²) in [6.45, 7) is 4.40. The van der Waals surface area contributed by atoms with Gasteiger partial charge in [0, 0.05) is 61.0 Å². The number of halogens is 1. The molecule has 1 aromatic carbocycles. The van der Waals surface area contributed by atoms with E-state index in [1.165, 1.54) is 22.3 Å². The van der Waals surface area contributed by atoms with E-state index in [1.54, 1.807) is 23.5 Å². The van der Waals surface area contributed by atoms with E-state index in [0.29, 0.717) is 42.9 Å². The van der Waals surface area contributed by atoms with Crippen LogP contribution in [0.25, 0.3) is 10.4 Å². The van der Waals surface area contributed by atoms with E-state index in [1.807, 2.05) is 34.5 Å². The van der Waals surface area contributed by atoms with Crippen LogP contribution in [0.5, 0.6) is 0 Å². The SMILES string of the molecule is O=C(NCCCC(=O)N1CCN(Cc2ccc(-c3ccccc3F)s2)CC1)c1cccs1. The fraction of sp³-hybridized carbons (Fsp3) is 0.333. The Morgan fingerprint density at radius 3 is 2.56 bits per heavy atom. The van der Waals surface area contributed by atoms with Crippen LogP contribution < -0.4 is 5.32 Å². The molecule has 0 aliphatic carbocycles. The summed E-state index contributed by atoms with van der Waals surface area (Å²) in [7, 11) is 0. The standard InChI is InChI=1S/C24H26FN3O2S2/c25-20-6-2-1-5-19(20)21-10-9-18(32-21)17-27-12-14-28(15-13-27)23(29)8-3-11-26-24(30)22-7-4-16-31-22/h1-2,4-7,9-10,16H,3,8,11-15,17H2,(H,26,30). The summed E-state index contributed by atoms with van der Waals surface area (Å²) in [4.78, 5) is 31.5. The Hall–Kier alpha value is -2.55. The lowest BCUT2D eigenvalue weighted by molar-refractivity contribution is -0.133. The van der Waals surface area contributed by atoms with Crippen LogP contribution >= 0.6 is 22.7 Å². The highest BCUT2D eigenvalue weighted by Gasteiger charge is 2.21. The van der Waals surface area contributed by atoms with Gasteiger partial charge in [-0.2, -0.15) is 0 Å². The lowest BCUT2D eigenvalue weighted by Crippen LogP contribution is -2.48. The van der Waals surface area contributed by atoms with Crippen molar-refractivity contribution in [3.8, 4) is 10.4 Å². The van der Waals surface area contributed by atoms with Crippen molar-refractivity contribution in [3.63, 3.8) is 0 Å². The van der Waals surface area contributed by atoms with Crippen molar-refractivity contribution in [3.05, 3.63) is 69.5 Å². The molecule has 1 aliphatic heterocycles. The van der Waals surface area contributed by atoms with Crippen LogP contribution in [0.1, 0.15) is 27.4 Å². The van der Waals surface area contributed by atoms with Crippen LogP contribution in [-0.2, 0) is 11.3 Å². The first-order valence-electron chi connectivity index (χ1n) is 10.8. The summed E-state index contributed by atoms with van der Waals surface area (Å²) in [5, 5.41) is 4.74. The van der Waals surface area contributed by atoms with Crippen LogP contribution in [0.15, 0.2) is 53.9 Å². The molecule has 1 N–H and O–H groups in total. The van der Waals surface area contributed by atoms with Gasteiger partial charge in [0.15, 0.2) is 0 Å². The van der Waals surface area contributed by atoms with E-state index in [2.05, 4.69) is 16.3 Å². The highest BCUT2D eigenvalue weighted by Crippen LogP contribution is 2.30. The zero-order chi connectivity index (χ0) is 22.3. The van der Waals surface area contributed by atoms with Gasteiger partial charge in [-0.3, -0.25) is 14.5 Å². The highest BCUT2D eigenvalue weighted by atomic mass is 32.1. The zero-order valence-electron chi connectivity index (χ0n) is 17.8. The molecule has 0 radical (unpaired) electrons. The first kappa shape index (κ1) is 22.6. The third-order valence-electron chi connectivity index (χ3n) is 5.50. The van der Waals surface area contributed by atoms with Crippen molar-refractivity contribution in [2.75, 3.05) is 32.7 Å². The molecule has 0 bridgehead atoms. The van der Waals surface area contributed by atoms with E-state index in [0.717, 1.165) is 24.5 Å². The molecule has 0 spiro atoms. The number of carbonyl (C=O) groups excluding carboxylic acids is 2. The molecule has 2 amide bonds. The first-order valence-corrected chi connectivity index (χ1v) is 12.5. The minimum Gasteiger partial charge on any atom is -0.351 e. The first-order chi connectivity index (χ1) is 15.6. The van der Waals surface area contributed by atoms with Gasteiger partial charge in [0.05, 0.1) is 4.88 Å². The van der Waals surface area contributed by atoms with Gasteiger partial charge in [0.1, 0.15) is 5.82 Å². The normalized spacial score (nSPS) is 14.5. The smallest absolute Gasteiger partial charge is 0.261 e. The molecule has 0 unspecified atom stereocenters. The van der Waals surface area contributed by atoms with Crippen LogP contribution in [-0.4, -0.2) is 54.3 Å². The van der Waals surface area contributed by atoms with Crippen molar-refractivity contribution in [1.29, 1.82) is 0 Å². The number of nitrogens with zero attached hydrogens (tertiary/aromatic N) is 2. The highest BCUT2D eigenvalue weighted by molar-refractivity contribution is 7.15. The molecule has 8 heteroatoms. The zero-order valence-corrected chi connectivity index (χ0v) is 19.4. The van der Waals surface area contributed by atoms with Crippen molar-refractivity contribution in [2.45, 2.75) is 19.4 Å². The van der Waals surface area contributed by atoms with Gasteiger partial charge >= 0.3 is 0 Å². The van der Waals surface area contributed by atoms with Gasteiger partial charge < -0.3 is 10.2 Å². The van der Waals surface area contributed by atoms with Crippen LogP contribution in [0, 0.1) is 5.82 Å². The van der Waals surface area contributed by atoms with Crippen molar-refractivity contribution < 1.29 is 14.0 Å². The summed E-state index contributed by atoms with van der Waals surface area (Å²) in [6, 6.07) is 14.5. The molecule has 4 rings (SSSR count). The predicted molar refractivity (Wildman–Crippen MR) is 127 cm³/mol. The Morgan fingerprint density at radius 1 is 1.00 bits per heavy atom. The third-order valence-corrected chi connectivity index (χ3v) is 7.48. The number of piperazine rings is 1. The van der Waals surface area contributed by atoms with Gasteiger partial charge in [-0.25, -0.2) is 4.39 Å².